The lowest BCUT2D eigenvalue weighted by Crippen LogP contribution is -2.65. The molecule has 0 radical (unpaired) electrons. The Labute approximate surface area is 621 Å². The number of ether oxygens (including phenoxy) is 4. The summed E-state index contributed by atoms with van der Waals surface area (Å²) in [7, 11) is 0. The zero-order valence-electron chi connectivity index (χ0n) is 65.7. The molecule has 0 aromatic rings. The highest BCUT2D eigenvalue weighted by molar-refractivity contribution is 5.76. The topological polar surface area (TPSA) is 228 Å². The second-order valence-electron chi connectivity index (χ2n) is 31.0. The lowest BCUT2D eigenvalue weighted by molar-refractivity contribution is -0.359. The van der Waals surface area contributed by atoms with E-state index in [1.165, 1.54) is 353 Å². The molecule has 0 saturated carbocycles. The number of carbonyl (C=O) groups is 1. The largest absolute Gasteiger partial charge is 0.394 e. The summed E-state index contributed by atoms with van der Waals surface area (Å²) in [6, 6.07) is -0.932. The molecule has 2 heterocycles. The summed E-state index contributed by atoms with van der Waals surface area (Å²) < 4.78 is 22.9. The molecule has 0 aromatic heterocycles. The van der Waals surface area contributed by atoms with E-state index in [2.05, 4.69) is 43.5 Å². The van der Waals surface area contributed by atoms with Crippen LogP contribution in [0.5, 0.6) is 0 Å². The molecule has 101 heavy (non-hydrogen) atoms. The van der Waals surface area contributed by atoms with Gasteiger partial charge in [-0.1, -0.05) is 391 Å². The Morgan fingerprint density at radius 2 is 0.634 bits per heavy atom. The molecule has 1 amide bonds. The van der Waals surface area contributed by atoms with Crippen LogP contribution in [0.3, 0.4) is 0 Å². The van der Waals surface area contributed by atoms with Crippen molar-refractivity contribution in [2.75, 3.05) is 19.8 Å². The van der Waals surface area contributed by atoms with Crippen LogP contribution in [0.15, 0.2) is 36.5 Å². The van der Waals surface area contributed by atoms with Gasteiger partial charge < -0.3 is 65.1 Å². The third-order valence-corrected chi connectivity index (χ3v) is 21.5. The van der Waals surface area contributed by atoms with Gasteiger partial charge in [0, 0.05) is 6.42 Å². The number of unbranched alkanes of at least 4 members (excludes halogenated alkanes) is 58. The minimum atomic E-state index is -1.79. The van der Waals surface area contributed by atoms with Crippen LogP contribution in [0.4, 0.5) is 0 Å². The lowest BCUT2D eigenvalue weighted by atomic mass is 9.97. The molecule has 12 atom stereocenters. The zero-order valence-corrected chi connectivity index (χ0v) is 65.7. The Hall–Kier alpha value is -1.79. The van der Waals surface area contributed by atoms with Crippen molar-refractivity contribution in [3.63, 3.8) is 0 Å². The standard InChI is InChI=1S/C87H165NO13/c1-3-5-7-9-11-13-15-17-19-21-23-25-27-29-31-32-33-34-35-36-37-38-39-40-41-42-43-44-45-47-49-51-53-55-57-59-61-63-65-67-69-71-79(92)88-75(74-98-86-84(97)82(95)85(78(73-90)100-86)101-87-83(96)81(94)80(93)77(72-89)99-87)76(91)70-68-66-64-62-60-58-56-54-52-50-48-46-30-28-26-24-22-20-18-16-14-12-10-8-6-4-2/h21,23,60,62,68,70,75-78,80-87,89-91,93-97H,3-20,22,24-59,61,63-67,69,71-74H2,1-2H3,(H,88,92)/b23-21-,62-60+,70-68+. The number of aliphatic hydroxyl groups is 8. The van der Waals surface area contributed by atoms with Crippen LogP contribution in [0, 0.1) is 0 Å². The molecule has 0 aromatic carbocycles. The predicted octanol–water partition coefficient (Wildman–Crippen LogP) is 20.8. The van der Waals surface area contributed by atoms with E-state index in [1.54, 1.807) is 6.08 Å². The van der Waals surface area contributed by atoms with Crippen molar-refractivity contribution < 1.29 is 64.6 Å². The van der Waals surface area contributed by atoms with Crippen LogP contribution in [-0.4, -0.2) is 140 Å². The highest BCUT2D eigenvalue weighted by Gasteiger charge is 2.51. The van der Waals surface area contributed by atoms with Gasteiger partial charge >= 0.3 is 0 Å². The average Bonchev–Trinajstić information content (AvgIpc) is 0.792. The maximum absolute atomic E-state index is 13.4. The van der Waals surface area contributed by atoms with Gasteiger partial charge in [-0.3, -0.25) is 4.79 Å². The van der Waals surface area contributed by atoms with Gasteiger partial charge in [-0.05, 0) is 57.8 Å². The molecule has 14 heteroatoms. The van der Waals surface area contributed by atoms with Crippen LogP contribution in [-0.2, 0) is 23.7 Å². The van der Waals surface area contributed by atoms with Crippen molar-refractivity contribution in [1.82, 2.24) is 5.32 Å². The van der Waals surface area contributed by atoms with Crippen LogP contribution in [0.25, 0.3) is 0 Å². The lowest BCUT2D eigenvalue weighted by Gasteiger charge is -2.46. The summed E-state index contributed by atoms with van der Waals surface area (Å²) in [6.45, 7) is 2.85. The highest BCUT2D eigenvalue weighted by atomic mass is 16.7. The summed E-state index contributed by atoms with van der Waals surface area (Å²) in [4.78, 5) is 13.4. The molecule has 596 valence electrons. The van der Waals surface area contributed by atoms with Crippen molar-refractivity contribution in [2.45, 2.75) is 492 Å². The predicted molar refractivity (Wildman–Crippen MR) is 420 cm³/mol. The minimum absolute atomic E-state index is 0.240. The van der Waals surface area contributed by atoms with Crippen LogP contribution >= 0.6 is 0 Å². The normalized spacial score (nSPS) is 21.8. The Kier molecular flexibility index (Phi) is 67.1. The van der Waals surface area contributed by atoms with E-state index >= 15 is 0 Å². The quantitative estimate of drug-likeness (QED) is 0.0204. The van der Waals surface area contributed by atoms with Crippen molar-refractivity contribution in [3.05, 3.63) is 36.5 Å². The number of hydrogen-bond donors (Lipinski definition) is 9. The zero-order chi connectivity index (χ0) is 73.0. The number of amides is 1. The van der Waals surface area contributed by atoms with Gasteiger partial charge in [0.1, 0.15) is 48.8 Å². The summed E-state index contributed by atoms with van der Waals surface area (Å²) in [5.74, 6) is -0.240. The summed E-state index contributed by atoms with van der Waals surface area (Å²) >= 11 is 0. The molecule has 0 aliphatic carbocycles. The molecule has 2 fully saturated rings. The van der Waals surface area contributed by atoms with E-state index < -0.39 is 86.8 Å². The van der Waals surface area contributed by atoms with Crippen LogP contribution in [0.2, 0.25) is 0 Å². The van der Waals surface area contributed by atoms with E-state index in [9.17, 15) is 45.6 Å². The first kappa shape index (κ1) is 95.3. The molecular formula is C87H165NO13. The number of aliphatic hydroxyl groups excluding tert-OH is 8. The maximum atomic E-state index is 13.4. The Balaban J connectivity index is 1.56. The molecule has 0 spiro atoms. The molecule has 0 bridgehead atoms. The van der Waals surface area contributed by atoms with Crippen LogP contribution in [0.1, 0.15) is 418 Å². The number of rotatable bonds is 75. The summed E-state index contributed by atoms with van der Waals surface area (Å²) in [5.41, 5.74) is 0. The van der Waals surface area contributed by atoms with Gasteiger partial charge in [0.05, 0.1) is 32.0 Å². The third kappa shape index (κ3) is 53.6. The fourth-order valence-corrected chi connectivity index (χ4v) is 14.7. The first-order valence-electron chi connectivity index (χ1n) is 43.7. The fourth-order valence-electron chi connectivity index (χ4n) is 14.7. The first-order chi connectivity index (χ1) is 49.6. The van der Waals surface area contributed by atoms with Crippen molar-refractivity contribution in [1.29, 1.82) is 0 Å². The monoisotopic (exact) mass is 1430 g/mol. The van der Waals surface area contributed by atoms with E-state index in [0.29, 0.717) is 12.8 Å². The van der Waals surface area contributed by atoms with Gasteiger partial charge in [0.2, 0.25) is 5.91 Å². The smallest absolute Gasteiger partial charge is 0.220 e. The van der Waals surface area contributed by atoms with E-state index in [4.69, 9.17) is 18.9 Å². The molecular weight excluding hydrogens is 1270 g/mol. The van der Waals surface area contributed by atoms with E-state index in [1.807, 2.05) is 6.08 Å². The summed E-state index contributed by atoms with van der Waals surface area (Å²) in [5, 5.41) is 87.7. The maximum Gasteiger partial charge on any atom is 0.220 e. The molecule has 14 nitrogen and oxygen atoms in total. The number of hydrogen-bond acceptors (Lipinski definition) is 13. The van der Waals surface area contributed by atoms with Gasteiger partial charge in [-0.15, -0.1) is 0 Å². The van der Waals surface area contributed by atoms with Crippen LogP contribution < -0.4 is 5.32 Å². The number of carbonyl (C=O) groups excluding carboxylic acids is 1. The third-order valence-electron chi connectivity index (χ3n) is 21.5. The minimum Gasteiger partial charge on any atom is -0.394 e. The highest BCUT2D eigenvalue weighted by Crippen LogP contribution is 2.31. The molecule has 2 saturated heterocycles. The number of nitrogens with one attached hydrogen (secondary N) is 1. The fraction of sp³-hybridized carbons (Fsp3) is 0.920. The van der Waals surface area contributed by atoms with Gasteiger partial charge in [0.25, 0.3) is 0 Å². The van der Waals surface area contributed by atoms with Gasteiger partial charge in [-0.25, -0.2) is 0 Å². The average molecular weight is 1430 g/mol. The summed E-state index contributed by atoms with van der Waals surface area (Å²) in [6.07, 6.45) is 78.4. The number of allylic oxidation sites excluding steroid dienone is 5. The molecule has 2 rings (SSSR count). The second-order valence-corrected chi connectivity index (χ2v) is 31.0. The van der Waals surface area contributed by atoms with E-state index in [-0.39, 0.29) is 18.9 Å². The van der Waals surface area contributed by atoms with E-state index in [0.717, 1.165) is 32.1 Å². The van der Waals surface area contributed by atoms with Crippen molar-refractivity contribution in [2.24, 2.45) is 0 Å². The first-order valence-corrected chi connectivity index (χ1v) is 43.7. The Morgan fingerprint density at radius 1 is 0.347 bits per heavy atom. The Bertz CT molecular complexity index is 1840. The SMILES string of the molecule is CCCCCCCCCC/C=C\CCCCCCCCCCCCCCCCCCCCCCCCCCCCCCCC(=O)NC(COC1OC(CO)C(OC2OC(CO)C(O)C(O)C2O)C(O)C1O)C(O)/C=C/CC/C=C/CCCCCCCCCCCCCCCCCCCCCC. The Morgan fingerprint density at radius 3 is 0.970 bits per heavy atom. The molecule has 2 aliphatic rings. The molecule has 12 unspecified atom stereocenters. The van der Waals surface area contributed by atoms with Gasteiger partial charge in [-0.2, -0.15) is 0 Å². The molecule has 2 aliphatic heterocycles. The molecule has 9 N–H and O–H groups in total. The van der Waals surface area contributed by atoms with Gasteiger partial charge in [0.15, 0.2) is 12.6 Å². The second kappa shape index (κ2) is 71.1. The van der Waals surface area contributed by atoms with Crippen molar-refractivity contribution in [3.8, 4) is 0 Å². The van der Waals surface area contributed by atoms with Crippen molar-refractivity contribution >= 4 is 5.91 Å².